The summed E-state index contributed by atoms with van der Waals surface area (Å²) in [5, 5.41) is 6.61. The summed E-state index contributed by atoms with van der Waals surface area (Å²) >= 11 is 0. The van der Waals surface area contributed by atoms with E-state index in [0.717, 1.165) is 31.1 Å². The predicted molar refractivity (Wildman–Crippen MR) is 124 cm³/mol. The van der Waals surface area contributed by atoms with Gasteiger partial charge in [-0.2, -0.15) is 0 Å². The Morgan fingerprint density at radius 3 is 2.46 bits per heavy atom. The molecule has 1 aromatic rings. The first-order valence-corrected chi connectivity index (χ1v) is 9.54. The van der Waals surface area contributed by atoms with Crippen LogP contribution >= 0.6 is 24.0 Å². The molecule has 0 bridgehead atoms. The maximum Gasteiger partial charge on any atom is 0.191 e. The maximum atomic E-state index is 5.62. The van der Waals surface area contributed by atoms with Crippen molar-refractivity contribution in [1.29, 1.82) is 0 Å². The Bertz CT molecular complexity index is 518. The van der Waals surface area contributed by atoms with Crippen LogP contribution in [0.4, 0.5) is 0 Å². The molecule has 8 heteroatoms. The van der Waals surface area contributed by atoms with Crippen LogP contribution in [0.25, 0.3) is 0 Å². The van der Waals surface area contributed by atoms with Crippen LogP contribution in [0.1, 0.15) is 24.5 Å². The highest BCUT2D eigenvalue weighted by atomic mass is 127. The Morgan fingerprint density at radius 1 is 0.964 bits per heavy atom. The summed E-state index contributed by atoms with van der Waals surface area (Å²) in [6, 6.07) is 8.35. The fraction of sp³-hybridized carbons (Fsp3) is 0.650. The van der Waals surface area contributed by atoms with Gasteiger partial charge in [0, 0.05) is 40.5 Å². The molecule has 0 amide bonds. The van der Waals surface area contributed by atoms with Crippen molar-refractivity contribution < 1.29 is 18.9 Å². The van der Waals surface area contributed by atoms with Crippen molar-refractivity contribution in [3.63, 3.8) is 0 Å². The van der Waals surface area contributed by atoms with E-state index in [1.54, 1.807) is 14.2 Å². The molecule has 0 spiro atoms. The minimum atomic E-state index is 0. The van der Waals surface area contributed by atoms with Crippen molar-refractivity contribution >= 4 is 29.9 Å². The van der Waals surface area contributed by atoms with E-state index in [2.05, 4.69) is 33.8 Å². The number of nitrogens with zero attached hydrogens (tertiary/aromatic N) is 1. The van der Waals surface area contributed by atoms with E-state index < -0.39 is 0 Å². The Kier molecular flexibility index (Phi) is 18.7. The summed E-state index contributed by atoms with van der Waals surface area (Å²) in [6.45, 7) is 8.03. The van der Waals surface area contributed by atoms with Gasteiger partial charge in [0.05, 0.1) is 33.0 Å². The zero-order valence-electron chi connectivity index (χ0n) is 17.4. The highest BCUT2D eigenvalue weighted by Gasteiger charge is 2.00. The second-order valence-electron chi connectivity index (χ2n) is 5.88. The molecule has 0 radical (unpaired) electrons. The number of methoxy groups -OCH3 is 1. The monoisotopic (exact) mass is 509 g/mol. The van der Waals surface area contributed by atoms with Crippen LogP contribution in [0.15, 0.2) is 29.3 Å². The highest BCUT2D eigenvalue weighted by Crippen LogP contribution is 2.06. The second kappa shape index (κ2) is 19.4. The summed E-state index contributed by atoms with van der Waals surface area (Å²) in [6.07, 6.45) is 0.916. The Morgan fingerprint density at radius 2 is 1.71 bits per heavy atom. The number of hydrogen-bond acceptors (Lipinski definition) is 5. The first kappa shape index (κ1) is 27.1. The van der Waals surface area contributed by atoms with E-state index in [4.69, 9.17) is 18.9 Å². The molecule has 0 unspecified atom stereocenters. The summed E-state index contributed by atoms with van der Waals surface area (Å²) < 4.78 is 21.3. The molecule has 28 heavy (non-hydrogen) atoms. The molecule has 0 aliphatic rings. The fourth-order valence-corrected chi connectivity index (χ4v) is 2.31. The van der Waals surface area contributed by atoms with Crippen LogP contribution in [0.3, 0.4) is 0 Å². The lowest BCUT2D eigenvalue weighted by Gasteiger charge is -2.13. The number of benzene rings is 1. The van der Waals surface area contributed by atoms with E-state index in [1.165, 1.54) is 5.56 Å². The first-order valence-electron chi connectivity index (χ1n) is 9.54. The molecule has 0 saturated heterocycles. The molecule has 1 rings (SSSR count). The van der Waals surface area contributed by atoms with E-state index >= 15 is 0 Å². The lowest BCUT2D eigenvalue weighted by molar-refractivity contribution is 0.0453. The summed E-state index contributed by atoms with van der Waals surface area (Å²) in [7, 11) is 3.44. The van der Waals surface area contributed by atoms with Gasteiger partial charge in [0.25, 0.3) is 0 Å². The number of hydrogen-bond donors (Lipinski definition) is 2. The van der Waals surface area contributed by atoms with Gasteiger partial charge in [-0.1, -0.05) is 24.3 Å². The quantitative estimate of drug-likeness (QED) is 0.164. The normalized spacial score (nSPS) is 11.2. The van der Waals surface area contributed by atoms with Gasteiger partial charge in [0.2, 0.25) is 0 Å². The molecule has 0 aliphatic heterocycles. The number of halogens is 1. The highest BCUT2D eigenvalue weighted by molar-refractivity contribution is 14.0. The average Bonchev–Trinajstić information content (AvgIpc) is 2.69. The standard InChI is InChI=1S/C20H35N3O4.HI/c1-4-25-13-14-27-17-19-8-5-7-18(15-19)16-23-20(21-2)22-9-6-10-26-12-11-24-3;/h5,7-8,15H,4,6,9-14,16-17H2,1-3H3,(H2,21,22,23);1H. The Balaban J connectivity index is 0.00000729. The van der Waals surface area contributed by atoms with Crippen molar-refractivity contribution in [2.75, 3.05) is 60.3 Å². The van der Waals surface area contributed by atoms with Gasteiger partial charge in [0.1, 0.15) is 0 Å². The van der Waals surface area contributed by atoms with Gasteiger partial charge >= 0.3 is 0 Å². The minimum Gasteiger partial charge on any atom is -0.382 e. The smallest absolute Gasteiger partial charge is 0.191 e. The second-order valence-corrected chi connectivity index (χ2v) is 5.88. The van der Waals surface area contributed by atoms with Crippen molar-refractivity contribution in [1.82, 2.24) is 10.6 Å². The van der Waals surface area contributed by atoms with Crippen molar-refractivity contribution in [3.8, 4) is 0 Å². The summed E-state index contributed by atoms with van der Waals surface area (Å²) in [4.78, 5) is 4.25. The van der Waals surface area contributed by atoms with Gasteiger partial charge in [-0.25, -0.2) is 0 Å². The number of guanidine groups is 1. The van der Waals surface area contributed by atoms with Crippen molar-refractivity contribution in [2.24, 2.45) is 4.99 Å². The average molecular weight is 509 g/mol. The lowest BCUT2D eigenvalue weighted by Crippen LogP contribution is -2.37. The molecule has 0 fully saturated rings. The van der Waals surface area contributed by atoms with Gasteiger partial charge in [-0.3, -0.25) is 4.99 Å². The molecule has 0 saturated carbocycles. The maximum absolute atomic E-state index is 5.62. The predicted octanol–water partition coefficient (Wildman–Crippen LogP) is 2.58. The van der Waals surface area contributed by atoms with Crippen LogP contribution < -0.4 is 10.6 Å². The Hall–Kier alpha value is -0.940. The molecule has 0 aliphatic carbocycles. The van der Waals surface area contributed by atoms with Crippen molar-refractivity contribution in [2.45, 2.75) is 26.5 Å². The molecule has 162 valence electrons. The van der Waals surface area contributed by atoms with Gasteiger partial charge in [-0.05, 0) is 24.5 Å². The summed E-state index contributed by atoms with van der Waals surface area (Å²) in [5.41, 5.74) is 2.34. The van der Waals surface area contributed by atoms with Crippen LogP contribution in [-0.4, -0.2) is 66.3 Å². The molecule has 0 aromatic heterocycles. The van der Waals surface area contributed by atoms with Gasteiger partial charge in [-0.15, -0.1) is 24.0 Å². The van der Waals surface area contributed by atoms with E-state index in [0.29, 0.717) is 46.2 Å². The fourth-order valence-electron chi connectivity index (χ4n) is 2.31. The zero-order chi connectivity index (χ0) is 19.6. The lowest BCUT2D eigenvalue weighted by atomic mass is 10.1. The first-order chi connectivity index (χ1) is 13.3. The number of aliphatic imine (C=N–C) groups is 1. The summed E-state index contributed by atoms with van der Waals surface area (Å²) in [5.74, 6) is 0.783. The Labute approximate surface area is 186 Å². The SMILES string of the molecule is CCOCCOCc1cccc(CNC(=NC)NCCCOCCOC)c1.I. The minimum absolute atomic E-state index is 0. The number of nitrogens with one attached hydrogen (secondary N) is 2. The van der Waals surface area contributed by atoms with Crippen LogP contribution in [0, 0.1) is 0 Å². The van der Waals surface area contributed by atoms with E-state index in [9.17, 15) is 0 Å². The number of rotatable bonds is 15. The zero-order valence-corrected chi connectivity index (χ0v) is 19.7. The molecular weight excluding hydrogens is 473 g/mol. The largest absolute Gasteiger partial charge is 0.382 e. The molecule has 2 N–H and O–H groups in total. The molecule has 1 aromatic carbocycles. The third-order valence-corrected chi connectivity index (χ3v) is 3.71. The van der Waals surface area contributed by atoms with Crippen LogP contribution in [0.2, 0.25) is 0 Å². The molecule has 0 heterocycles. The third kappa shape index (κ3) is 14.1. The van der Waals surface area contributed by atoms with Gasteiger partial charge < -0.3 is 29.6 Å². The van der Waals surface area contributed by atoms with Crippen molar-refractivity contribution in [3.05, 3.63) is 35.4 Å². The topological polar surface area (TPSA) is 73.3 Å². The van der Waals surface area contributed by atoms with Crippen LogP contribution in [0.5, 0.6) is 0 Å². The van der Waals surface area contributed by atoms with E-state index in [1.807, 2.05) is 13.0 Å². The molecular formula is C20H36IN3O4. The van der Waals surface area contributed by atoms with E-state index in [-0.39, 0.29) is 24.0 Å². The van der Waals surface area contributed by atoms with Gasteiger partial charge in [0.15, 0.2) is 5.96 Å². The number of ether oxygens (including phenoxy) is 4. The molecule has 0 atom stereocenters. The molecule has 7 nitrogen and oxygen atoms in total. The van der Waals surface area contributed by atoms with Crippen LogP contribution in [-0.2, 0) is 32.1 Å². The third-order valence-electron chi connectivity index (χ3n) is 3.71.